The van der Waals surface area contributed by atoms with Crippen molar-refractivity contribution in [3.05, 3.63) is 51.5 Å². The van der Waals surface area contributed by atoms with Gasteiger partial charge in [-0.2, -0.15) is 0 Å². The Hall–Kier alpha value is -1.72. The smallest absolute Gasteiger partial charge is 0.263 e. The molecule has 23 heavy (non-hydrogen) atoms. The maximum absolute atomic E-state index is 12.3. The van der Waals surface area contributed by atoms with Crippen molar-refractivity contribution in [3.8, 4) is 0 Å². The highest BCUT2D eigenvalue weighted by molar-refractivity contribution is 7.13. The van der Waals surface area contributed by atoms with E-state index in [1.54, 1.807) is 6.92 Å². The maximum Gasteiger partial charge on any atom is 0.263 e. The Morgan fingerprint density at radius 3 is 2.65 bits per heavy atom. The Morgan fingerprint density at radius 1 is 1.30 bits per heavy atom. The number of carbonyl (C=O) groups excluding carboxylic acids is 1. The van der Waals surface area contributed by atoms with Crippen molar-refractivity contribution in [2.24, 2.45) is 5.92 Å². The third-order valence-electron chi connectivity index (χ3n) is 3.60. The molecule has 0 bridgehead atoms. The van der Waals surface area contributed by atoms with Crippen LogP contribution in [0.2, 0.25) is 0 Å². The van der Waals surface area contributed by atoms with Crippen LogP contribution in [0.5, 0.6) is 0 Å². The van der Waals surface area contributed by atoms with Crippen molar-refractivity contribution in [2.75, 3.05) is 6.54 Å². The van der Waals surface area contributed by atoms with E-state index in [2.05, 4.69) is 22.4 Å². The standard InChI is InChI=1S/C18H24N2O2S/c1-12(9-13(2)21)11-19-18(22)17-14(3)20-16(23-17)10-15-7-5-4-6-8-15/h4-8,12-13,21H,9-11H2,1-3H3,(H,19,22). The average Bonchev–Trinajstić information content (AvgIpc) is 2.86. The summed E-state index contributed by atoms with van der Waals surface area (Å²) in [6.07, 6.45) is 1.09. The number of aliphatic hydroxyl groups excluding tert-OH is 1. The number of carbonyl (C=O) groups is 1. The van der Waals surface area contributed by atoms with Gasteiger partial charge < -0.3 is 10.4 Å². The quantitative estimate of drug-likeness (QED) is 0.818. The molecule has 4 nitrogen and oxygen atoms in total. The third-order valence-corrected chi connectivity index (χ3v) is 4.76. The molecule has 5 heteroatoms. The number of thiazole rings is 1. The molecule has 1 aromatic carbocycles. The predicted molar refractivity (Wildman–Crippen MR) is 93.9 cm³/mol. The molecule has 2 atom stereocenters. The van der Waals surface area contributed by atoms with Gasteiger partial charge in [0.05, 0.1) is 16.8 Å². The van der Waals surface area contributed by atoms with Crippen LogP contribution in [0.3, 0.4) is 0 Å². The highest BCUT2D eigenvalue weighted by Gasteiger charge is 2.16. The highest BCUT2D eigenvalue weighted by Crippen LogP contribution is 2.21. The van der Waals surface area contributed by atoms with Crippen LogP contribution in [0, 0.1) is 12.8 Å². The molecule has 2 unspecified atom stereocenters. The molecular formula is C18H24N2O2S. The Labute approximate surface area is 141 Å². The van der Waals surface area contributed by atoms with Crippen LogP contribution >= 0.6 is 11.3 Å². The zero-order valence-electron chi connectivity index (χ0n) is 13.9. The number of nitrogens with zero attached hydrogens (tertiary/aromatic N) is 1. The molecule has 0 saturated carbocycles. The summed E-state index contributed by atoms with van der Waals surface area (Å²) in [4.78, 5) is 17.5. The first-order valence-corrected chi connectivity index (χ1v) is 8.74. The van der Waals surface area contributed by atoms with Gasteiger partial charge in [-0.3, -0.25) is 4.79 Å². The molecule has 0 aliphatic heterocycles. The highest BCUT2D eigenvalue weighted by atomic mass is 32.1. The predicted octanol–water partition coefficient (Wildman–Crippen LogP) is 3.18. The molecule has 1 heterocycles. The molecule has 2 aromatic rings. The van der Waals surface area contributed by atoms with Crippen molar-refractivity contribution in [1.82, 2.24) is 10.3 Å². The molecule has 2 N–H and O–H groups in total. The number of hydrogen-bond acceptors (Lipinski definition) is 4. The summed E-state index contributed by atoms with van der Waals surface area (Å²) >= 11 is 1.46. The average molecular weight is 332 g/mol. The molecule has 0 saturated heterocycles. The zero-order chi connectivity index (χ0) is 16.8. The van der Waals surface area contributed by atoms with Gasteiger partial charge >= 0.3 is 0 Å². The lowest BCUT2D eigenvalue weighted by molar-refractivity contribution is 0.0942. The van der Waals surface area contributed by atoms with Crippen LogP contribution in [0.25, 0.3) is 0 Å². The fourth-order valence-electron chi connectivity index (χ4n) is 2.52. The first kappa shape index (κ1) is 17.6. The molecule has 2 rings (SSSR count). The SMILES string of the molecule is Cc1nc(Cc2ccccc2)sc1C(=O)NCC(C)CC(C)O. The van der Waals surface area contributed by atoms with E-state index in [9.17, 15) is 9.90 Å². The lowest BCUT2D eigenvalue weighted by Gasteiger charge is -2.13. The topological polar surface area (TPSA) is 62.2 Å². The minimum atomic E-state index is -0.343. The fourth-order valence-corrected chi connectivity index (χ4v) is 3.54. The summed E-state index contributed by atoms with van der Waals surface area (Å²) in [7, 11) is 0. The Bertz CT molecular complexity index is 638. The number of nitrogens with one attached hydrogen (secondary N) is 1. The second-order valence-electron chi connectivity index (χ2n) is 6.08. The monoisotopic (exact) mass is 332 g/mol. The van der Waals surface area contributed by atoms with E-state index >= 15 is 0 Å². The van der Waals surface area contributed by atoms with Crippen LogP contribution in [0.4, 0.5) is 0 Å². The van der Waals surface area contributed by atoms with E-state index in [4.69, 9.17) is 0 Å². The second kappa shape index (κ2) is 8.22. The van der Waals surface area contributed by atoms with E-state index in [-0.39, 0.29) is 17.9 Å². The minimum Gasteiger partial charge on any atom is -0.393 e. The number of hydrogen-bond donors (Lipinski definition) is 2. The lowest BCUT2D eigenvalue weighted by atomic mass is 10.0. The van der Waals surface area contributed by atoms with Crippen molar-refractivity contribution < 1.29 is 9.90 Å². The Kier molecular flexibility index (Phi) is 6.30. The first-order chi connectivity index (χ1) is 11.0. The summed E-state index contributed by atoms with van der Waals surface area (Å²) in [5.41, 5.74) is 1.97. The van der Waals surface area contributed by atoms with E-state index in [0.717, 1.165) is 17.1 Å². The number of aliphatic hydroxyl groups is 1. The zero-order valence-corrected chi connectivity index (χ0v) is 14.7. The van der Waals surface area contributed by atoms with Crippen molar-refractivity contribution in [1.29, 1.82) is 0 Å². The van der Waals surface area contributed by atoms with E-state index in [1.807, 2.05) is 32.0 Å². The first-order valence-electron chi connectivity index (χ1n) is 7.92. The second-order valence-corrected chi connectivity index (χ2v) is 7.17. The molecule has 0 aliphatic rings. The molecule has 0 spiro atoms. The van der Waals surface area contributed by atoms with Gasteiger partial charge in [0.2, 0.25) is 0 Å². The van der Waals surface area contributed by atoms with Crippen LogP contribution in [0.1, 0.15) is 46.2 Å². The normalized spacial score (nSPS) is 13.6. The van der Waals surface area contributed by atoms with Gasteiger partial charge in [0.15, 0.2) is 0 Å². The van der Waals surface area contributed by atoms with Crippen molar-refractivity contribution in [3.63, 3.8) is 0 Å². The van der Waals surface area contributed by atoms with Gasteiger partial charge in [-0.15, -0.1) is 11.3 Å². The van der Waals surface area contributed by atoms with Crippen LogP contribution in [0.15, 0.2) is 30.3 Å². The van der Waals surface area contributed by atoms with Gasteiger partial charge in [0.1, 0.15) is 4.88 Å². The number of aryl methyl sites for hydroxylation is 1. The summed E-state index contributed by atoms with van der Waals surface area (Å²) in [6.45, 7) is 6.23. The van der Waals surface area contributed by atoms with Gasteiger partial charge in [0, 0.05) is 13.0 Å². The summed E-state index contributed by atoms with van der Waals surface area (Å²) in [5.74, 6) is 0.174. The van der Waals surface area contributed by atoms with Gasteiger partial charge in [-0.05, 0) is 31.7 Å². The molecule has 1 aromatic heterocycles. The molecule has 0 aliphatic carbocycles. The van der Waals surface area contributed by atoms with E-state index < -0.39 is 0 Å². The summed E-state index contributed by atoms with van der Waals surface area (Å²) in [6, 6.07) is 10.1. The largest absolute Gasteiger partial charge is 0.393 e. The molecule has 0 radical (unpaired) electrons. The van der Waals surface area contributed by atoms with E-state index in [1.165, 1.54) is 16.9 Å². The fraction of sp³-hybridized carbons (Fsp3) is 0.444. The van der Waals surface area contributed by atoms with Gasteiger partial charge in [0.25, 0.3) is 5.91 Å². The summed E-state index contributed by atoms with van der Waals surface area (Å²) < 4.78 is 0. The minimum absolute atomic E-state index is 0.0724. The summed E-state index contributed by atoms with van der Waals surface area (Å²) in [5, 5.41) is 13.3. The van der Waals surface area contributed by atoms with Gasteiger partial charge in [-0.1, -0.05) is 37.3 Å². The molecule has 124 valence electrons. The Morgan fingerprint density at radius 2 is 2.00 bits per heavy atom. The maximum atomic E-state index is 12.3. The van der Waals surface area contributed by atoms with Crippen molar-refractivity contribution in [2.45, 2.75) is 39.7 Å². The number of rotatable bonds is 7. The van der Waals surface area contributed by atoms with Crippen LogP contribution in [-0.4, -0.2) is 28.6 Å². The number of benzene rings is 1. The number of aromatic nitrogens is 1. The lowest BCUT2D eigenvalue weighted by Crippen LogP contribution is -2.29. The van der Waals surface area contributed by atoms with E-state index in [0.29, 0.717) is 17.8 Å². The molecule has 0 fully saturated rings. The molecule has 1 amide bonds. The third kappa shape index (κ3) is 5.44. The van der Waals surface area contributed by atoms with Gasteiger partial charge in [-0.25, -0.2) is 4.98 Å². The number of amides is 1. The van der Waals surface area contributed by atoms with Crippen LogP contribution < -0.4 is 5.32 Å². The molecular weight excluding hydrogens is 308 g/mol. The Balaban J connectivity index is 1.96. The van der Waals surface area contributed by atoms with Crippen LogP contribution in [-0.2, 0) is 6.42 Å². The van der Waals surface area contributed by atoms with Crippen molar-refractivity contribution >= 4 is 17.2 Å².